The summed E-state index contributed by atoms with van der Waals surface area (Å²) in [7, 11) is -3.54. The van der Waals surface area contributed by atoms with Gasteiger partial charge in [0.05, 0.1) is 23.1 Å². The molecule has 0 N–H and O–H groups in total. The van der Waals surface area contributed by atoms with Crippen LogP contribution in [0.25, 0.3) is 0 Å². The van der Waals surface area contributed by atoms with Gasteiger partial charge in [0, 0.05) is 19.5 Å². The van der Waals surface area contributed by atoms with E-state index in [0.717, 1.165) is 12.8 Å². The molecule has 22 heavy (non-hydrogen) atoms. The van der Waals surface area contributed by atoms with Crippen LogP contribution in [0.4, 0.5) is 0 Å². The van der Waals surface area contributed by atoms with E-state index in [2.05, 4.69) is 0 Å². The summed E-state index contributed by atoms with van der Waals surface area (Å²) >= 11 is 0. The number of unbranched alkanes of at least 4 members (excludes halogenated alkanes) is 1. The summed E-state index contributed by atoms with van der Waals surface area (Å²) in [6.45, 7) is 1.19. The molecule has 1 saturated heterocycles. The van der Waals surface area contributed by atoms with Crippen molar-refractivity contribution in [2.75, 3.05) is 19.7 Å². The van der Waals surface area contributed by atoms with Gasteiger partial charge in [0.15, 0.2) is 0 Å². The van der Waals surface area contributed by atoms with Gasteiger partial charge in [-0.05, 0) is 37.5 Å². The first-order chi connectivity index (χ1) is 10.6. The summed E-state index contributed by atoms with van der Waals surface area (Å²) in [4.78, 5) is 12.0. The molecule has 1 fully saturated rings. The van der Waals surface area contributed by atoms with Crippen LogP contribution in [0.5, 0.6) is 0 Å². The Bertz CT molecular complexity index is 673. The average molecular weight is 322 g/mol. The molecular formula is C15H18N2O4S. The SMILES string of the molecule is N#CCCCOC(=O)c1cccc(S(=O)(=O)N2CCCC2)c1. The minimum Gasteiger partial charge on any atom is -0.462 e. The van der Waals surface area contributed by atoms with E-state index in [9.17, 15) is 13.2 Å². The first-order valence-corrected chi connectivity index (χ1v) is 8.64. The Morgan fingerprint density at radius 2 is 2.05 bits per heavy atom. The molecule has 0 spiro atoms. The number of ether oxygens (including phenoxy) is 1. The molecule has 118 valence electrons. The Balaban J connectivity index is 2.09. The minimum absolute atomic E-state index is 0.112. The van der Waals surface area contributed by atoms with Crippen molar-refractivity contribution >= 4 is 16.0 Å². The van der Waals surface area contributed by atoms with Crippen molar-refractivity contribution in [3.05, 3.63) is 29.8 Å². The second-order valence-electron chi connectivity index (χ2n) is 5.04. The molecule has 0 aliphatic carbocycles. The van der Waals surface area contributed by atoms with Crippen LogP contribution in [0.1, 0.15) is 36.0 Å². The topological polar surface area (TPSA) is 87.5 Å². The summed E-state index contributed by atoms with van der Waals surface area (Å²) in [5, 5.41) is 8.42. The van der Waals surface area contributed by atoms with E-state index >= 15 is 0 Å². The molecule has 0 atom stereocenters. The zero-order valence-electron chi connectivity index (χ0n) is 12.2. The van der Waals surface area contributed by atoms with Gasteiger partial charge in [-0.1, -0.05) is 6.07 Å². The third-order valence-corrected chi connectivity index (χ3v) is 5.33. The van der Waals surface area contributed by atoms with Gasteiger partial charge in [-0.2, -0.15) is 9.57 Å². The van der Waals surface area contributed by atoms with Gasteiger partial charge < -0.3 is 4.74 Å². The van der Waals surface area contributed by atoms with Gasteiger partial charge in [-0.25, -0.2) is 13.2 Å². The molecule has 1 aromatic carbocycles. The zero-order valence-corrected chi connectivity index (χ0v) is 13.0. The molecule has 2 rings (SSSR count). The van der Waals surface area contributed by atoms with Crippen LogP contribution >= 0.6 is 0 Å². The van der Waals surface area contributed by atoms with Gasteiger partial charge in [0.1, 0.15) is 0 Å². The van der Waals surface area contributed by atoms with E-state index in [1.807, 2.05) is 6.07 Å². The molecule has 0 bridgehead atoms. The highest BCUT2D eigenvalue weighted by Crippen LogP contribution is 2.21. The van der Waals surface area contributed by atoms with E-state index in [0.29, 0.717) is 25.9 Å². The summed E-state index contributed by atoms with van der Waals surface area (Å²) in [5.41, 5.74) is 0.206. The van der Waals surface area contributed by atoms with Crippen LogP contribution in [0.2, 0.25) is 0 Å². The predicted molar refractivity (Wildman–Crippen MR) is 79.6 cm³/mol. The van der Waals surface area contributed by atoms with Gasteiger partial charge >= 0.3 is 5.97 Å². The average Bonchev–Trinajstić information content (AvgIpc) is 3.06. The molecule has 0 aromatic heterocycles. The lowest BCUT2D eigenvalue weighted by molar-refractivity contribution is 0.0501. The van der Waals surface area contributed by atoms with Crippen LogP contribution in [-0.4, -0.2) is 38.4 Å². The number of nitrogens with zero attached hydrogens (tertiary/aromatic N) is 2. The summed E-state index contributed by atoms with van der Waals surface area (Å²) in [6.07, 6.45) is 2.50. The second-order valence-corrected chi connectivity index (χ2v) is 6.97. The van der Waals surface area contributed by atoms with Gasteiger partial charge in [-0.3, -0.25) is 0 Å². The maximum Gasteiger partial charge on any atom is 0.338 e. The number of nitriles is 1. The lowest BCUT2D eigenvalue weighted by Gasteiger charge is -2.15. The highest BCUT2D eigenvalue weighted by Gasteiger charge is 2.27. The van der Waals surface area contributed by atoms with Crippen molar-refractivity contribution in [1.29, 1.82) is 5.26 Å². The molecule has 0 radical (unpaired) electrons. The standard InChI is InChI=1S/C15H18N2O4S/c16-8-1-4-11-21-15(18)13-6-5-7-14(12-13)22(19,20)17-9-2-3-10-17/h5-7,12H,1-4,9-11H2. The Kier molecular flexibility index (Phi) is 5.52. The molecule has 0 amide bonds. The van der Waals surface area contributed by atoms with Crippen LogP contribution < -0.4 is 0 Å². The van der Waals surface area contributed by atoms with E-state index in [4.69, 9.17) is 10.00 Å². The number of hydrogen-bond acceptors (Lipinski definition) is 5. The van der Waals surface area contributed by atoms with E-state index in [-0.39, 0.29) is 17.1 Å². The van der Waals surface area contributed by atoms with Crippen molar-refractivity contribution < 1.29 is 17.9 Å². The third-order valence-electron chi connectivity index (χ3n) is 3.44. The summed E-state index contributed by atoms with van der Waals surface area (Å²) in [5.74, 6) is -0.573. The van der Waals surface area contributed by atoms with Crippen molar-refractivity contribution in [1.82, 2.24) is 4.31 Å². The van der Waals surface area contributed by atoms with Crippen molar-refractivity contribution in [3.8, 4) is 6.07 Å². The highest BCUT2D eigenvalue weighted by molar-refractivity contribution is 7.89. The lowest BCUT2D eigenvalue weighted by atomic mass is 10.2. The fourth-order valence-electron chi connectivity index (χ4n) is 2.26. The molecule has 1 aromatic rings. The third kappa shape index (κ3) is 3.84. The predicted octanol–water partition coefficient (Wildman–Crippen LogP) is 1.93. The van der Waals surface area contributed by atoms with Crippen LogP contribution in [-0.2, 0) is 14.8 Å². The zero-order chi connectivity index (χ0) is 16.0. The Morgan fingerprint density at radius 3 is 2.73 bits per heavy atom. The molecule has 1 aliphatic rings. The Labute approximate surface area is 130 Å². The number of hydrogen-bond donors (Lipinski definition) is 0. The second kappa shape index (κ2) is 7.38. The normalized spacial score (nSPS) is 15.4. The summed E-state index contributed by atoms with van der Waals surface area (Å²) < 4.78 is 31.4. The van der Waals surface area contributed by atoms with E-state index in [1.165, 1.54) is 28.6 Å². The number of rotatable bonds is 6. The quantitative estimate of drug-likeness (QED) is 0.590. The largest absolute Gasteiger partial charge is 0.462 e. The number of sulfonamides is 1. The molecule has 0 saturated carbocycles. The highest BCUT2D eigenvalue weighted by atomic mass is 32.2. The molecule has 1 aliphatic heterocycles. The maximum absolute atomic E-state index is 12.4. The van der Waals surface area contributed by atoms with Crippen molar-refractivity contribution in [2.45, 2.75) is 30.6 Å². The molecule has 6 nitrogen and oxygen atoms in total. The Hall–Kier alpha value is -1.91. The van der Waals surface area contributed by atoms with Gasteiger partial charge in [-0.15, -0.1) is 0 Å². The van der Waals surface area contributed by atoms with Crippen LogP contribution in [0.15, 0.2) is 29.2 Å². The molecule has 7 heteroatoms. The maximum atomic E-state index is 12.4. The van der Waals surface area contributed by atoms with E-state index < -0.39 is 16.0 Å². The molecule has 1 heterocycles. The van der Waals surface area contributed by atoms with Crippen molar-refractivity contribution in [3.63, 3.8) is 0 Å². The van der Waals surface area contributed by atoms with Gasteiger partial charge in [0.2, 0.25) is 10.0 Å². The summed E-state index contributed by atoms with van der Waals surface area (Å²) in [6, 6.07) is 7.86. The number of benzene rings is 1. The van der Waals surface area contributed by atoms with E-state index in [1.54, 1.807) is 0 Å². The number of carbonyl (C=O) groups is 1. The first kappa shape index (κ1) is 16.5. The lowest BCUT2D eigenvalue weighted by Crippen LogP contribution is -2.28. The molecular weight excluding hydrogens is 304 g/mol. The van der Waals surface area contributed by atoms with Crippen LogP contribution in [0.3, 0.4) is 0 Å². The smallest absolute Gasteiger partial charge is 0.338 e. The fraction of sp³-hybridized carbons (Fsp3) is 0.467. The minimum atomic E-state index is -3.54. The Morgan fingerprint density at radius 1 is 1.32 bits per heavy atom. The number of esters is 1. The molecule has 0 unspecified atom stereocenters. The first-order valence-electron chi connectivity index (χ1n) is 7.20. The fourth-order valence-corrected chi connectivity index (χ4v) is 3.82. The monoisotopic (exact) mass is 322 g/mol. The van der Waals surface area contributed by atoms with Crippen molar-refractivity contribution in [2.24, 2.45) is 0 Å². The van der Waals surface area contributed by atoms with Crippen LogP contribution in [0, 0.1) is 11.3 Å². The van der Waals surface area contributed by atoms with Gasteiger partial charge in [0.25, 0.3) is 0 Å². The number of carbonyl (C=O) groups excluding carboxylic acids is 1.